The summed E-state index contributed by atoms with van der Waals surface area (Å²) >= 11 is 7.56. The highest BCUT2D eigenvalue weighted by Gasteiger charge is 2.27. The second-order valence-corrected chi connectivity index (χ2v) is 7.32. The lowest BCUT2D eigenvalue weighted by molar-refractivity contribution is -0.155. The maximum atomic E-state index is 12.6. The number of amides is 2. The van der Waals surface area contributed by atoms with Crippen molar-refractivity contribution in [2.45, 2.75) is 25.5 Å². The maximum Gasteiger partial charge on any atom is 0.329 e. The van der Waals surface area contributed by atoms with Gasteiger partial charge in [0.2, 0.25) is 5.95 Å². The summed E-state index contributed by atoms with van der Waals surface area (Å²) in [5.41, 5.74) is 0.253. The standard InChI is InChI=1S/C19H21ClN4O4S/c1-12(16(25)24-19-21-9-5-10-22-19)28-18(27)15(8-11-29-2)23-17(26)13-6-3-4-7-14(13)20/h3-7,9-10,12,15H,8,11H2,1-2H3,(H,23,26)(H,21,22,24,25). The van der Waals surface area contributed by atoms with Crippen molar-refractivity contribution in [3.8, 4) is 0 Å². The van der Waals surface area contributed by atoms with E-state index in [2.05, 4.69) is 20.6 Å². The first-order chi connectivity index (χ1) is 13.9. The molecule has 154 valence electrons. The highest BCUT2D eigenvalue weighted by Crippen LogP contribution is 2.15. The van der Waals surface area contributed by atoms with Gasteiger partial charge in [0, 0.05) is 12.4 Å². The van der Waals surface area contributed by atoms with Crippen LogP contribution in [0.2, 0.25) is 5.02 Å². The van der Waals surface area contributed by atoms with Crippen LogP contribution in [0.1, 0.15) is 23.7 Å². The van der Waals surface area contributed by atoms with Crippen LogP contribution in [0, 0.1) is 0 Å². The molecule has 0 spiro atoms. The molecule has 2 amide bonds. The molecule has 0 fully saturated rings. The van der Waals surface area contributed by atoms with Gasteiger partial charge in [0.1, 0.15) is 6.04 Å². The molecule has 8 nitrogen and oxygen atoms in total. The minimum atomic E-state index is -1.10. The van der Waals surface area contributed by atoms with E-state index < -0.39 is 29.9 Å². The highest BCUT2D eigenvalue weighted by molar-refractivity contribution is 7.98. The summed E-state index contributed by atoms with van der Waals surface area (Å²) in [6.45, 7) is 1.43. The Hall–Kier alpha value is -2.65. The average molecular weight is 437 g/mol. The van der Waals surface area contributed by atoms with E-state index in [-0.39, 0.29) is 16.5 Å². The van der Waals surface area contributed by atoms with Crippen molar-refractivity contribution in [1.29, 1.82) is 0 Å². The monoisotopic (exact) mass is 436 g/mol. The zero-order valence-corrected chi connectivity index (χ0v) is 17.5. The topological polar surface area (TPSA) is 110 Å². The Kier molecular flexibility index (Phi) is 8.88. The number of hydrogen-bond acceptors (Lipinski definition) is 7. The number of carbonyl (C=O) groups excluding carboxylic acids is 3. The van der Waals surface area contributed by atoms with Crippen LogP contribution in [0.3, 0.4) is 0 Å². The molecule has 1 heterocycles. The molecule has 2 atom stereocenters. The normalized spacial score (nSPS) is 12.5. The number of halogens is 1. The molecule has 0 bridgehead atoms. The van der Waals surface area contributed by atoms with Gasteiger partial charge in [-0.15, -0.1) is 0 Å². The van der Waals surface area contributed by atoms with Gasteiger partial charge >= 0.3 is 5.97 Å². The first-order valence-electron chi connectivity index (χ1n) is 8.75. The molecular formula is C19H21ClN4O4S. The fourth-order valence-corrected chi connectivity index (χ4v) is 2.94. The number of thioether (sulfide) groups is 1. The van der Waals surface area contributed by atoms with Crippen molar-refractivity contribution >= 4 is 47.1 Å². The van der Waals surface area contributed by atoms with Gasteiger partial charge in [-0.3, -0.25) is 14.9 Å². The first kappa shape index (κ1) is 22.6. The lowest BCUT2D eigenvalue weighted by atomic mass is 10.1. The van der Waals surface area contributed by atoms with Gasteiger partial charge in [0.05, 0.1) is 10.6 Å². The summed E-state index contributed by atoms with van der Waals surface area (Å²) in [4.78, 5) is 45.0. The molecule has 0 saturated carbocycles. The van der Waals surface area contributed by atoms with E-state index in [1.54, 1.807) is 30.3 Å². The van der Waals surface area contributed by atoms with Gasteiger partial charge < -0.3 is 10.1 Å². The molecular weight excluding hydrogens is 416 g/mol. The molecule has 0 aliphatic carbocycles. The number of nitrogens with one attached hydrogen (secondary N) is 2. The summed E-state index contributed by atoms with van der Waals surface area (Å²) in [6.07, 6.45) is 4.07. The van der Waals surface area contributed by atoms with E-state index >= 15 is 0 Å². The van der Waals surface area contributed by atoms with Gasteiger partial charge in [-0.2, -0.15) is 11.8 Å². The molecule has 1 aromatic carbocycles. The second kappa shape index (κ2) is 11.4. The van der Waals surface area contributed by atoms with Crippen molar-refractivity contribution in [1.82, 2.24) is 15.3 Å². The lowest BCUT2D eigenvalue weighted by Crippen LogP contribution is -2.44. The Morgan fingerprint density at radius 1 is 1.17 bits per heavy atom. The number of rotatable bonds is 9. The largest absolute Gasteiger partial charge is 0.451 e. The minimum absolute atomic E-state index is 0.103. The predicted molar refractivity (Wildman–Crippen MR) is 112 cm³/mol. The van der Waals surface area contributed by atoms with E-state index in [1.165, 1.54) is 31.1 Å². The molecule has 0 radical (unpaired) electrons. The number of carbonyl (C=O) groups is 3. The summed E-state index contributed by atoms with van der Waals surface area (Å²) in [6, 6.07) is 7.21. The second-order valence-electron chi connectivity index (χ2n) is 5.93. The summed E-state index contributed by atoms with van der Waals surface area (Å²) in [5.74, 6) is -1.07. The van der Waals surface area contributed by atoms with Crippen LogP contribution in [0.25, 0.3) is 0 Å². The molecule has 2 N–H and O–H groups in total. The lowest BCUT2D eigenvalue weighted by Gasteiger charge is -2.20. The molecule has 0 aliphatic heterocycles. The van der Waals surface area contributed by atoms with Crippen LogP contribution in [0.15, 0.2) is 42.7 Å². The van der Waals surface area contributed by atoms with Crippen molar-refractivity contribution in [3.05, 3.63) is 53.3 Å². The molecule has 0 saturated heterocycles. The Morgan fingerprint density at radius 2 is 1.86 bits per heavy atom. The van der Waals surface area contributed by atoms with Gasteiger partial charge in [-0.1, -0.05) is 23.7 Å². The highest BCUT2D eigenvalue weighted by atomic mass is 35.5. The summed E-state index contributed by atoms with van der Waals surface area (Å²) < 4.78 is 5.25. The van der Waals surface area contributed by atoms with E-state index in [9.17, 15) is 14.4 Å². The number of nitrogens with zero attached hydrogens (tertiary/aromatic N) is 2. The van der Waals surface area contributed by atoms with Crippen LogP contribution in [-0.4, -0.2) is 51.9 Å². The Balaban J connectivity index is 2.01. The quantitative estimate of drug-likeness (QED) is 0.581. The van der Waals surface area contributed by atoms with Crippen molar-refractivity contribution < 1.29 is 19.1 Å². The number of esters is 1. The SMILES string of the molecule is CSCCC(NC(=O)c1ccccc1Cl)C(=O)OC(C)C(=O)Nc1ncccn1. The number of ether oxygens (including phenoxy) is 1. The Bertz CT molecular complexity index is 853. The Morgan fingerprint density at radius 3 is 2.52 bits per heavy atom. The van der Waals surface area contributed by atoms with Gasteiger partial charge in [0.25, 0.3) is 11.8 Å². The first-order valence-corrected chi connectivity index (χ1v) is 10.5. The third-order valence-corrected chi connectivity index (χ3v) is 4.76. The molecule has 2 rings (SSSR count). The fourth-order valence-electron chi connectivity index (χ4n) is 2.25. The van der Waals surface area contributed by atoms with Crippen LogP contribution < -0.4 is 10.6 Å². The van der Waals surface area contributed by atoms with E-state index in [4.69, 9.17) is 16.3 Å². The van der Waals surface area contributed by atoms with Gasteiger partial charge in [-0.25, -0.2) is 14.8 Å². The molecule has 0 aliphatic rings. The maximum absolute atomic E-state index is 12.6. The van der Waals surface area contributed by atoms with Crippen LogP contribution in [0.4, 0.5) is 5.95 Å². The van der Waals surface area contributed by atoms with Gasteiger partial charge in [0.15, 0.2) is 6.10 Å². The van der Waals surface area contributed by atoms with E-state index in [1.807, 2.05) is 6.26 Å². The molecule has 10 heteroatoms. The third kappa shape index (κ3) is 7.03. The van der Waals surface area contributed by atoms with Crippen molar-refractivity contribution in [3.63, 3.8) is 0 Å². The van der Waals surface area contributed by atoms with E-state index in [0.29, 0.717) is 12.2 Å². The number of benzene rings is 1. The molecule has 2 aromatic rings. The smallest absolute Gasteiger partial charge is 0.329 e. The molecule has 29 heavy (non-hydrogen) atoms. The zero-order valence-electron chi connectivity index (χ0n) is 15.9. The number of anilines is 1. The fraction of sp³-hybridized carbons (Fsp3) is 0.316. The molecule has 2 unspecified atom stereocenters. The van der Waals surface area contributed by atoms with Crippen LogP contribution in [0.5, 0.6) is 0 Å². The number of aromatic nitrogens is 2. The summed E-state index contributed by atoms with van der Waals surface area (Å²) in [5, 5.41) is 5.37. The average Bonchev–Trinajstić information content (AvgIpc) is 2.71. The van der Waals surface area contributed by atoms with E-state index in [0.717, 1.165) is 0 Å². The third-order valence-electron chi connectivity index (χ3n) is 3.78. The van der Waals surface area contributed by atoms with Crippen LogP contribution >= 0.6 is 23.4 Å². The zero-order chi connectivity index (χ0) is 21.2. The van der Waals surface area contributed by atoms with Crippen LogP contribution in [-0.2, 0) is 14.3 Å². The molecule has 1 aromatic heterocycles. The van der Waals surface area contributed by atoms with Crippen molar-refractivity contribution in [2.24, 2.45) is 0 Å². The summed E-state index contributed by atoms with van der Waals surface area (Å²) in [7, 11) is 0. The van der Waals surface area contributed by atoms with Crippen molar-refractivity contribution in [2.75, 3.05) is 17.3 Å². The van der Waals surface area contributed by atoms with Gasteiger partial charge in [-0.05, 0) is 43.6 Å². The predicted octanol–water partition coefficient (Wildman–Crippen LogP) is 2.55. The Labute approximate surface area is 177 Å². The minimum Gasteiger partial charge on any atom is -0.451 e. The number of hydrogen-bond donors (Lipinski definition) is 2.